The SMILES string of the molecule is Cc1ccc(CN(CC(=O)O)C(=O)c2ccc3c(c2)CC(C)(Cc2cccc(Cl)c2Cl)O3)cc1. The topological polar surface area (TPSA) is 66.8 Å². The first kappa shape index (κ1) is 24.1. The molecular weight excluding hydrogens is 473 g/mol. The van der Waals surface area contributed by atoms with Crippen LogP contribution in [0.15, 0.2) is 60.7 Å². The molecule has 3 aromatic rings. The quantitative estimate of drug-likeness (QED) is 0.436. The summed E-state index contributed by atoms with van der Waals surface area (Å²) in [7, 11) is 0. The number of benzene rings is 3. The molecule has 0 bridgehead atoms. The molecule has 1 atom stereocenters. The van der Waals surface area contributed by atoms with E-state index in [9.17, 15) is 14.7 Å². The minimum atomic E-state index is -1.06. The van der Waals surface area contributed by atoms with Crippen LogP contribution >= 0.6 is 23.2 Å². The summed E-state index contributed by atoms with van der Waals surface area (Å²) in [5.41, 5.74) is 3.65. The third kappa shape index (κ3) is 5.37. The van der Waals surface area contributed by atoms with Gasteiger partial charge in [-0.25, -0.2) is 0 Å². The van der Waals surface area contributed by atoms with Gasteiger partial charge in [0.2, 0.25) is 0 Å². The highest BCUT2D eigenvalue weighted by molar-refractivity contribution is 6.42. The van der Waals surface area contributed by atoms with Crippen molar-refractivity contribution in [2.75, 3.05) is 6.54 Å². The Morgan fingerprint density at radius 1 is 1.09 bits per heavy atom. The molecule has 0 fully saturated rings. The smallest absolute Gasteiger partial charge is 0.323 e. The van der Waals surface area contributed by atoms with Gasteiger partial charge < -0.3 is 14.7 Å². The lowest BCUT2D eigenvalue weighted by atomic mass is 9.91. The first-order valence-electron chi connectivity index (χ1n) is 10.9. The Labute approximate surface area is 208 Å². The Bertz CT molecular complexity index is 1240. The molecule has 1 aliphatic rings. The highest BCUT2D eigenvalue weighted by Gasteiger charge is 2.36. The highest BCUT2D eigenvalue weighted by Crippen LogP contribution is 2.39. The Morgan fingerprint density at radius 2 is 1.82 bits per heavy atom. The maximum atomic E-state index is 13.3. The number of ether oxygens (including phenoxy) is 1. The van der Waals surface area contributed by atoms with Crippen LogP contribution in [0, 0.1) is 6.92 Å². The van der Waals surface area contributed by atoms with Crippen molar-refractivity contribution in [3.05, 3.63) is 98.5 Å². The molecule has 0 saturated heterocycles. The molecule has 0 saturated carbocycles. The molecule has 5 nitrogen and oxygen atoms in total. The molecule has 176 valence electrons. The number of aliphatic carboxylic acids is 1. The predicted molar refractivity (Wildman–Crippen MR) is 133 cm³/mol. The molecular formula is C27H25Cl2NO4. The van der Waals surface area contributed by atoms with E-state index in [0.29, 0.717) is 34.2 Å². The summed E-state index contributed by atoms with van der Waals surface area (Å²) in [6.07, 6.45) is 1.14. The average Bonchev–Trinajstić information content (AvgIpc) is 3.12. The molecule has 0 aliphatic carbocycles. The maximum Gasteiger partial charge on any atom is 0.323 e. The molecule has 1 heterocycles. The van der Waals surface area contributed by atoms with Crippen molar-refractivity contribution in [3.63, 3.8) is 0 Å². The molecule has 1 amide bonds. The van der Waals surface area contributed by atoms with Gasteiger partial charge in [0.25, 0.3) is 5.91 Å². The van der Waals surface area contributed by atoms with Gasteiger partial charge in [-0.3, -0.25) is 9.59 Å². The number of carboxylic acid groups (broad SMARTS) is 1. The van der Waals surface area contributed by atoms with Crippen molar-refractivity contribution in [1.82, 2.24) is 4.90 Å². The number of fused-ring (bicyclic) bond motifs is 1. The van der Waals surface area contributed by atoms with E-state index in [1.165, 1.54) is 4.90 Å². The molecule has 7 heteroatoms. The van der Waals surface area contributed by atoms with E-state index in [0.717, 1.165) is 22.3 Å². The van der Waals surface area contributed by atoms with Gasteiger partial charge >= 0.3 is 5.97 Å². The van der Waals surface area contributed by atoms with Gasteiger partial charge in [-0.1, -0.05) is 65.2 Å². The number of halogens is 2. The van der Waals surface area contributed by atoms with Crippen LogP contribution in [-0.2, 0) is 24.2 Å². The van der Waals surface area contributed by atoms with Crippen molar-refractivity contribution in [3.8, 4) is 5.75 Å². The van der Waals surface area contributed by atoms with E-state index >= 15 is 0 Å². The number of hydrogen-bond donors (Lipinski definition) is 1. The lowest BCUT2D eigenvalue weighted by Gasteiger charge is -2.24. The van der Waals surface area contributed by atoms with Crippen molar-refractivity contribution in [1.29, 1.82) is 0 Å². The zero-order chi connectivity index (χ0) is 24.5. The number of aryl methyl sites for hydroxylation is 1. The van der Waals surface area contributed by atoms with Gasteiger partial charge in [0.1, 0.15) is 17.9 Å². The van der Waals surface area contributed by atoms with Gasteiger partial charge in [0.05, 0.1) is 10.0 Å². The minimum absolute atomic E-state index is 0.212. The van der Waals surface area contributed by atoms with E-state index < -0.39 is 11.6 Å². The van der Waals surface area contributed by atoms with Gasteiger partial charge in [-0.15, -0.1) is 0 Å². The summed E-state index contributed by atoms with van der Waals surface area (Å²) in [5, 5.41) is 10.4. The Morgan fingerprint density at radius 3 is 2.53 bits per heavy atom. The Kier molecular flexibility index (Phi) is 6.87. The highest BCUT2D eigenvalue weighted by atomic mass is 35.5. The number of carbonyl (C=O) groups excluding carboxylic acids is 1. The average molecular weight is 498 g/mol. The van der Waals surface area contributed by atoms with Crippen LogP contribution in [-0.4, -0.2) is 34.0 Å². The summed E-state index contributed by atoms with van der Waals surface area (Å²) in [5.74, 6) is -0.686. The summed E-state index contributed by atoms with van der Waals surface area (Å²) >= 11 is 12.5. The fourth-order valence-electron chi connectivity index (χ4n) is 4.30. The largest absolute Gasteiger partial charge is 0.487 e. The zero-order valence-corrected chi connectivity index (χ0v) is 20.5. The number of carboxylic acids is 1. The van der Waals surface area contributed by atoms with Crippen LogP contribution in [0.1, 0.15) is 39.5 Å². The number of amides is 1. The van der Waals surface area contributed by atoms with Crippen LogP contribution < -0.4 is 4.74 Å². The van der Waals surface area contributed by atoms with E-state index in [4.69, 9.17) is 27.9 Å². The van der Waals surface area contributed by atoms with E-state index in [-0.39, 0.29) is 19.0 Å². The lowest BCUT2D eigenvalue weighted by molar-refractivity contribution is -0.137. The first-order chi connectivity index (χ1) is 16.1. The summed E-state index contributed by atoms with van der Waals surface area (Å²) in [4.78, 5) is 26.1. The summed E-state index contributed by atoms with van der Waals surface area (Å²) < 4.78 is 6.24. The lowest BCUT2D eigenvalue weighted by Crippen LogP contribution is -2.35. The standard InChI is InChI=1S/C27H25Cl2NO4/c1-17-6-8-18(9-7-17)15-30(16-24(31)32)26(33)19-10-11-23-21(12-19)14-27(2,34-23)13-20-4-3-5-22(28)25(20)29/h3-12H,13-16H2,1-2H3,(H,31,32). The zero-order valence-electron chi connectivity index (χ0n) is 19.0. The predicted octanol–water partition coefficient (Wildman–Crippen LogP) is 5.97. The Hall–Kier alpha value is -3.02. The minimum Gasteiger partial charge on any atom is -0.487 e. The molecule has 0 radical (unpaired) electrons. The van der Waals surface area contributed by atoms with Crippen LogP contribution in [0.3, 0.4) is 0 Å². The van der Waals surface area contributed by atoms with Crippen molar-refractivity contribution >= 4 is 35.1 Å². The second-order valence-electron chi connectivity index (χ2n) is 8.98. The Balaban J connectivity index is 1.54. The van der Waals surface area contributed by atoms with Crippen LogP contribution in [0.25, 0.3) is 0 Å². The van der Waals surface area contributed by atoms with Gasteiger partial charge in [0.15, 0.2) is 0 Å². The maximum absolute atomic E-state index is 13.3. The van der Waals surface area contributed by atoms with E-state index in [2.05, 4.69) is 0 Å². The van der Waals surface area contributed by atoms with E-state index in [1.807, 2.05) is 50.2 Å². The number of carbonyl (C=O) groups is 2. The van der Waals surface area contributed by atoms with Gasteiger partial charge in [0, 0.05) is 24.9 Å². The molecule has 3 aromatic carbocycles. The fraction of sp³-hybridized carbons (Fsp3) is 0.259. The normalized spacial score (nSPS) is 16.6. The van der Waals surface area contributed by atoms with Crippen molar-refractivity contribution in [2.45, 2.75) is 38.8 Å². The van der Waals surface area contributed by atoms with Gasteiger partial charge in [-0.2, -0.15) is 0 Å². The van der Waals surface area contributed by atoms with Crippen molar-refractivity contribution < 1.29 is 19.4 Å². The van der Waals surface area contributed by atoms with Crippen LogP contribution in [0.5, 0.6) is 5.75 Å². The molecule has 34 heavy (non-hydrogen) atoms. The number of hydrogen-bond acceptors (Lipinski definition) is 3. The first-order valence-corrected chi connectivity index (χ1v) is 11.7. The van der Waals surface area contributed by atoms with E-state index in [1.54, 1.807) is 24.3 Å². The van der Waals surface area contributed by atoms with Crippen LogP contribution in [0.4, 0.5) is 0 Å². The second kappa shape index (κ2) is 9.69. The molecule has 0 aromatic heterocycles. The summed E-state index contributed by atoms with van der Waals surface area (Å²) in [6.45, 7) is 3.81. The molecule has 0 spiro atoms. The summed E-state index contributed by atoms with van der Waals surface area (Å²) in [6, 6.07) is 18.5. The molecule has 4 rings (SSSR count). The molecule has 1 N–H and O–H groups in total. The van der Waals surface area contributed by atoms with Crippen molar-refractivity contribution in [2.24, 2.45) is 0 Å². The molecule has 1 unspecified atom stereocenters. The third-order valence-electron chi connectivity index (χ3n) is 5.93. The van der Waals surface area contributed by atoms with Gasteiger partial charge in [-0.05, 0) is 54.8 Å². The fourth-order valence-corrected chi connectivity index (χ4v) is 4.69. The second-order valence-corrected chi connectivity index (χ2v) is 9.77. The third-order valence-corrected chi connectivity index (χ3v) is 6.79. The van der Waals surface area contributed by atoms with Crippen LogP contribution in [0.2, 0.25) is 10.0 Å². The monoisotopic (exact) mass is 497 g/mol. The number of nitrogens with zero attached hydrogens (tertiary/aromatic N) is 1. The number of rotatable bonds is 7. The molecule has 1 aliphatic heterocycles.